The number of aliphatic hydroxyl groups is 1. The van der Waals surface area contributed by atoms with Crippen LogP contribution in [0.5, 0.6) is 5.75 Å². The second kappa shape index (κ2) is 13.5. The van der Waals surface area contributed by atoms with E-state index in [1.165, 1.54) is 0 Å². The van der Waals surface area contributed by atoms with Gasteiger partial charge in [0.2, 0.25) is 11.8 Å². The number of benzene rings is 1. The molecule has 1 aliphatic carbocycles. The lowest BCUT2D eigenvalue weighted by Crippen LogP contribution is -2.73. The van der Waals surface area contributed by atoms with Crippen LogP contribution in [0.15, 0.2) is 24.3 Å². The highest BCUT2D eigenvalue weighted by Crippen LogP contribution is 2.37. The molecule has 3 aliphatic rings. The summed E-state index contributed by atoms with van der Waals surface area (Å²) in [7, 11) is 1.59. The van der Waals surface area contributed by atoms with E-state index in [1.54, 1.807) is 31.3 Å². The molecule has 0 unspecified atom stereocenters. The number of hydrogen-bond donors (Lipinski definition) is 3. The lowest BCUT2D eigenvalue weighted by Gasteiger charge is -2.52. The third-order valence-electron chi connectivity index (χ3n) is 8.68. The number of carbonyl (C=O) groups is 3. The molecule has 3 amide bonds. The quantitative estimate of drug-likeness (QED) is 0.406. The van der Waals surface area contributed by atoms with Gasteiger partial charge in [-0.25, -0.2) is 0 Å². The second-order valence-corrected chi connectivity index (χ2v) is 11.4. The molecular formula is C31H44N4O5. The van der Waals surface area contributed by atoms with Crippen LogP contribution in [0.1, 0.15) is 81.5 Å². The summed E-state index contributed by atoms with van der Waals surface area (Å²) in [6.45, 7) is 4.82. The molecule has 1 spiro atoms. The predicted molar refractivity (Wildman–Crippen MR) is 153 cm³/mol. The topological polar surface area (TPSA) is 111 Å². The molecule has 218 valence electrons. The van der Waals surface area contributed by atoms with Crippen LogP contribution in [0.25, 0.3) is 0 Å². The largest absolute Gasteiger partial charge is 0.481 e. The SMILES string of the molecule is CCCCN1C(=O)[C@@H](CC2(O)CCCCC2)NC(=O)C12CCN(CC#CCOc1ccc(C(=O)NC)cc1)CC2. The maximum absolute atomic E-state index is 13.7. The highest BCUT2D eigenvalue weighted by atomic mass is 16.5. The molecule has 3 N–H and O–H groups in total. The zero-order valence-electron chi connectivity index (χ0n) is 24.0. The zero-order valence-corrected chi connectivity index (χ0v) is 24.0. The summed E-state index contributed by atoms with van der Waals surface area (Å²) in [5, 5.41) is 16.7. The summed E-state index contributed by atoms with van der Waals surface area (Å²) < 4.78 is 5.66. The van der Waals surface area contributed by atoms with Crippen molar-refractivity contribution in [1.29, 1.82) is 0 Å². The first kappa shape index (κ1) is 29.9. The van der Waals surface area contributed by atoms with Crippen LogP contribution in [-0.4, -0.2) is 89.6 Å². The Hall–Kier alpha value is -3.09. The summed E-state index contributed by atoms with van der Waals surface area (Å²) in [5.74, 6) is 6.59. The van der Waals surface area contributed by atoms with Gasteiger partial charge < -0.3 is 25.4 Å². The van der Waals surface area contributed by atoms with Crippen LogP contribution in [0, 0.1) is 11.8 Å². The Balaban J connectivity index is 1.30. The first-order valence-electron chi connectivity index (χ1n) is 14.8. The van der Waals surface area contributed by atoms with E-state index in [2.05, 4.69) is 34.3 Å². The van der Waals surface area contributed by atoms with E-state index in [-0.39, 0.29) is 24.3 Å². The maximum Gasteiger partial charge on any atom is 0.251 e. The number of hydrogen-bond acceptors (Lipinski definition) is 6. The minimum absolute atomic E-state index is 0.0409. The lowest BCUT2D eigenvalue weighted by atomic mass is 9.77. The van der Waals surface area contributed by atoms with Gasteiger partial charge in [0.15, 0.2) is 0 Å². The van der Waals surface area contributed by atoms with E-state index >= 15 is 0 Å². The number of nitrogens with zero attached hydrogens (tertiary/aromatic N) is 2. The second-order valence-electron chi connectivity index (χ2n) is 11.4. The molecule has 2 saturated heterocycles. The van der Waals surface area contributed by atoms with Crippen molar-refractivity contribution < 1.29 is 24.2 Å². The van der Waals surface area contributed by atoms with E-state index in [9.17, 15) is 19.5 Å². The molecule has 1 aromatic rings. The Morgan fingerprint density at radius 1 is 1.10 bits per heavy atom. The normalized spacial score (nSPS) is 22.3. The summed E-state index contributed by atoms with van der Waals surface area (Å²) in [6, 6.07) is 6.26. The first-order valence-corrected chi connectivity index (χ1v) is 14.8. The summed E-state index contributed by atoms with van der Waals surface area (Å²) in [4.78, 5) is 43.0. The van der Waals surface area contributed by atoms with E-state index in [0.29, 0.717) is 69.6 Å². The molecule has 9 heteroatoms. The van der Waals surface area contributed by atoms with Crippen LogP contribution in [-0.2, 0) is 9.59 Å². The van der Waals surface area contributed by atoms with E-state index in [0.717, 1.165) is 32.1 Å². The summed E-state index contributed by atoms with van der Waals surface area (Å²) in [5.41, 5.74) is -1.12. The van der Waals surface area contributed by atoms with E-state index in [1.807, 2.05) is 4.90 Å². The molecular weight excluding hydrogens is 508 g/mol. The summed E-state index contributed by atoms with van der Waals surface area (Å²) in [6.07, 6.45) is 7.66. The third-order valence-corrected chi connectivity index (χ3v) is 8.68. The standard InChI is InChI=1S/C31H44N4O5/c1-3-4-19-35-28(37)26(23-30(39)14-6-5-7-15-30)33-29(38)31(35)16-20-34(21-17-31)18-8-9-22-40-25-12-10-24(11-13-25)27(36)32-2/h10-13,26,39H,3-7,14-23H2,1-2H3,(H,32,36)(H,33,38)/t26-/m1/s1. The van der Waals surface area contributed by atoms with E-state index in [4.69, 9.17) is 4.74 Å². The fourth-order valence-corrected chi connectivity index (χ4v) is 6.21. The molecule has 4 rings (SSSR count). The Kier molecular flexibility index (Phi) is 10.1. The van der Waals surface area contributed by atoms with Gasteiger partial charge in [0.1, 0.15) is 23.9 Å². The van der Waals surface area contributed by atoms with Crippen molar-refractivity contribution in [3.8, 4) is 17.6 Å². The monoisotopic (exact) mass is 552 g/mol. The van der Waals surface area contributed by atoms with Gasteiger partial charge in [-0.2, -0.15) is 0 Å². The highest BCUT2D eigenvalue weighted by Gasteiger charge is 2.54. The van der Waals surface area contributed by atoms with Crippen molar-refractivity contribution in [2.75, 3.05) is 39.8 Å². The number of ether oxygens (including phenoxy) is 1. The maximum atomic E-state index is 13.7. The van der Waals surface area contributed by atoms with Gasteiger partial charge >= 0.3 is 0 Å². The Labute approximate surface area is 238 Å². The fourth-order valence-electron chi connectivity index (χ4n) is 6.21. The minimum atomic E-state index is -0.867. The van der Waals surface area contributed by atoms with Crippen LogP contribution in [0.2, 0.25) is 0 Å². The van der Waals surface area contributed by atoms with Crippen molar-refractivity contribution in [2.45, 2.75) is 88.3 Å². The fraction of sp³-hybridized carbons (Fsp3) is 0.645. The van der Waals surface area contributed by atoms with Gasteiger partial charge in [-0.3, -0.25) is 19.3 Å². The number of rotatable bonds is 9. The zero-order chi connectivity index (χ0) is 28.6. The average molecular weight is 553 g/mol. The Morgan fingerprint density at radius 2 is 1.80 bits per heavy atom. The molecule has 0 aromatic heterocycles. The van der Waals surface area contributed by atoms with Crippen LogP contribution in [0.4, 0.5) is 0 Å². The van der Waals surface area contributed by atoms with E-state index < -0.39 is 17.2 Å². The first-order chi connectivity index (χ1) is 19.3. The minimum Gasteiger partial charge on any atom is -0.481 e. The molecule has 9 nitrogen and oxygen atoms in total. The van der Waals surface area contributed by atoms with Crippen molar-refractivity contribution >= 4 is 17.7 Å². The molecule has 1 aromatic carbocycles. The van der Waals surface area contributed by atoms with Crippen molar-refractivity contribution in [3.05, 3.63) is 29.8 Å². The van der Waals surface area contributed by atoms with Gasteiger partial charge in [-0.15, -0.1) is 0 Å². The van der Waals surface area contributed by atoms with Gasteiger partial charge in [-0.1, -0.05) is 44.4 Å². The van der Waals surface area contributed by atoms with Crippen molar-refractivity contribution in [2.24, 2.45) is 0 Å². The molecule has 0 radical (unpaired) electrons. The Morgan fingerprint density at radius 3 is 2.45 bits per heavy atom. The predicted octanol–water partition coefficient (Wildman–Crippen LogP) is 2.48. The molecule has 0 bridgehead atoms. The number of nitrogens with one attached hydrogen (secondary N) is 2. The number of carbonyl (C=O) groups excluding carboxylic acids is 3. The van der Waals surface area contributed by atoms with Crippen molar-refractivity contribution in [1.82, 2.24) is 20.4 Å². The van der Waals surface area contributed by atoms with Gasteiger partial charge in [-0.05, 0) is 56.4 Å². The van der Waals surface area contributed by atoms with Gasteiger partial charge in [0, 0.05) is 38.7 Å². The molecule has 3 fully saturated rings. The molecule has 2 heterocycles. The molecule has 1 atom stereocenters. The summed E-state index contributed by atoms with van der Waals surface area (Å²) >= 11 is 0. The molecule has 1 saturated carbocycles. The third kappa shape index (κ3) is 6.97. The van der Waals surface area contributed by atoms with Crippen LogP contribution < -0.4 is 15.4 Å². The van der Waals surface area contributed by atoms with Crippen molar-refractivity contribution in [3.63, 3.8) is 0 Å². The van der Waals surface area contributed by atoms with Gasteiger partial charge in [0.05, 0.1) is 12.1 Å². The number of piperazine rings is 1. The Bertz CT molecular complexity index is 1090. The number of unbranched alkanes of at least 4 members (excludes halogenated alkanes) is 1. The van der Waals surface area contributed by atoms with Gasteiger partial charge in [0.25, 0.3) is 5.91 Å². The smallest absolute Gasteiger partial charge is 0.251 e. The number of likely N-dealkylation sites (tertiary alicyclic amines) is 1. The number of piperidine rings is 1. The number of amides is 3. The average Bonchev–Trinajstić information content (AvgIpc) is 2.97. The highest BCUT2D eigenvalue weighted by molar-refractivity contribution is 6.00. The molecule has 2 aliphatic heterocycles. The lowest BCUT2D eigenvalue weighted by molar-refractivity contribution is -0.163. The van der Waals surface area contributed by atoms with Crippen LogP contribution in [0.3, 0.4) is 0 Å². The molecule has 40 heavy (non-hydrogen) atoms. The van der Waals surface area contributed by atoms with Crippen LogP contribution >= 0.6 is 0 Å².